The monoisotopic (exact) mass is 349 g/mol. The molecule has 3 aromatic rings. The van der Waals surface area contributed by atoms with Crippen LogP contribution in [0.1, 0.15) is 33.3 Å². The zero-order valence-electron chi connectivity index (χ0n) is 14.6. The lowest BCUT2D eigenvalue weighted by molar-refractivity contribution is 0.0525. The molecule has 0 aliphatic rings. The molecule has 5 heteroatoms. The highest BCUT2D eigenvalue weighted by Gasteiger charge is 2.21. The van der Waals surface area contributed by atoms with E-state index in [2.05, 4.69) is 0 Å². The van der Waals surface area contributed by atoms with Crippen LogP contribution in [0.25, 0.3) is 16.9 Å². The van der Waals surface area contributed by atoms with Crippen LogP contribution in [0.2, 0.25) is 0 Å². The Hall–Kier alpha value is -3.34. The van der Waals surface area contributed by atoms with E-state index in [-0.39, 0.29) is 5.56 Å². The summed E-state index contributed by atoms with van der Waals surface area (Å²) in [4.78, 5) is 23.8. The normalized spacial score (nSPS) is 10.5. The SMILES string of the molecule is CCOC(=O)c1cccc(-n2c(C)cc(C(=O)O)c2-c2ccccc2)c1. The second kappa shape index (κ2) is 7.27. The lowest BCUT2D eigenvalue weighted by atomic mass is 10.1. The molecular formula is C21H19NO4. The molecule has 0 fully saturated rings. The topological polar surface area (TPSA) is 68.5 Å². The number of carbonyl (C=O) groups excluding carboxylic acids is 1. The van der Waals surface area contributed by atoms with Gasteiger partial charge in [-0.1, -0.05) is 36.4 Å². The molecule has 0 saturated carbocycles. The summed E-state index contributed by atoms with van der Waals surface area (Å²) in [5.74, 6) is -1.40. The van der Waals surface area contributed by atoms with Gasteiger partial charge in [0.25, 0.3) is 0 Å². The molecular weight excluding hydrogens is 330 g/mol. The third-order valence-corrected chi connectivity index (χ3v) is 4.08. The first-order chi connectivity index (χ1) is 12.5. The Morgan fingerprint density at radius 3 is 2.42 bits per heavy atom. The first-order valence-corrected chi connectivity index (χ1v) is 8.31. The minimum atomic E-state index is -0.993. The minimum absolute atomic E-state index is 0.218. The van der Waals surface area contributed by atoms with E-state index in [1.54, 1.807) is 31.2 Å². The molecule has 0 amide bonds. The molecule has 3 rings (SSSR count). The average molecular weight is 349 g/mol. The molecule has 0 atom stereocenters. The van der Waals surface area contributed by atoms with Gasteiger partial charge in [-0.3, -0.25) is 0 Å². The number of aromatic nitrogens is 1. The van der Waals surface area contributed by atoms with E-state index < -0.39 is 11.9 Å². The number of hydrogen-bond acceptors (Lipinski definition) is 3. The van der Waals surface area contributed by atoms with Gasteiger partial charge in [0.05, 0.1) is 23.4 Å². The van der Waals surface area contributed by atoms with E-state index in [1.165, 1.54) is 0 Å². The molecule has 26 heavy (non-hydrogen) atoms. The molecule has 0 bridgehead atoms. The fourth-order valence-electron chi connectivity index (χ4n) is 3.00. The highest BCUT2D eigenvalue weighted by Crippen LogP contribution is 2.31. The summed E-state index contributed by atoms with van der Waals surface area (Å²) in [5.41, 5.74) is 3.49. The van der Waals surface area contributed by atoms with Crippen LogP contribution in [0.5, 0.6) is 0 Å². The zero-order valence-corrected chi connectivity index (χ0v) is 14.6. The number of carbonyl (C=O) groups is 2. The number of carboxylic acids is 1. The van der Waals surface area contributed by atoms with Crippen LogP contribution < -0.4 is 0 Å². The van der Waals surface area contributed by atoms with Crippen molar-refractivity contribution in [3.05, 3.63) is 77.5 Å². The molecule has 0 aliphatic heterocycles. The molecule has 1 aromatic heterocycles. The maximum absolute atomic E-state index is 12.1. The lowest BCUT2D eigenvalue weighted by Gasteiger charge is -2.14. The predicted molar refractivity (Wildman–Crippen MR) is 98.9 cm³/mol. The Balaban J connectivity index is 2.22. The van der Waals surface area contributed by atoms with Gasteiger partial charge in [-0.05, 0) is 43.7 Å². The molecule has 0 spiro atoms. The van der Waals surface area contributed by atoms with Crippen LogP contribution in [0, 0.1) is 6.92 Å². The van der Waals surface area contributed by atoms with Crippen molar-refractivity contribution in [1.29, 1.82) is 0 Å². The maximum atomic E-state index is 12.1. The first kappa shape index (κ1) is 17.5. The molecule has 0 unspecified atom stereocenters. The highest BCUT2D eigenvalue weighted by atomic mass is 16.5. The number of rotatable bonds is 5. The van der Waals surface area contributed by atoms with Gasteiger partial charge in [-0.25, -0.2) is 9.59 Å². The Bertz CT molecular complexity index is 957. The van der Waals surface area contributed by atoms with Crippen molar-refractivity contribution < 1.29 is 19.4 Å². The zero-order chi connectivity index (χ0) is 18.7. The smallest absolute Gasteiger partial charge is 0.338 e. The van der Waals surface area contributed by atoms with E-state index in [0.29, 0.717) is 23.6 Å². The second-order valence-corrected chi connectivity index (χ2v) is 5.83. The summed E-state index contributed by atoms with van der Waals surface area (Å²) >= 11 is 0. The molecule has 1 heterocycles. The summed E-state index contributed by atoms with van der Waals surface area (Å²) < 4.78 is 6.91. The summed E-state index contributed by atoms with van der Waals surface area (Å²) in [7, 11) is 0. The fourth-order valence-corrected chi connectivity index (χ4v) is 3.00. The lowest BCUT2D eigenvalue weighted by Crippen LogP contribution is -2.07. The summed E-state index contributed by atoms with van der Waals surface area (Å²) in [6.07, 6.45) is 0. The van der Waals surface area contributed by atoms with E-state index in [9.17, 15) is 14.7 Å². The number of ether oxygens (including phenoxy) is 1. The summed E-state index contributed by atoms with van der Waals surface area (Å²) in [5, 5.41) is 9.64. The summed E-state index contributed by atoms with van der Waals surface area (Å²) in [6, 6.07) is 18.0. The van der Waals surface area contributed by atoms with Crippen molar-refractivity contribution in [3.8, 4) is 16.9 Å². The molecule has 1 N–H and O–H groups in total. The highest BCUT2D eigenvalue weighted by molar-refractivity contribution is 5.96. The fraction of sp³-hybridized carbons (Fsp3) is 0.143. The van der Waals surface area contributed by atoms with Gasteiger partial charge >= 0.3 is 11.9 Å². The number of aryl methyl sites for hydroxylation is 1. The van der Waals surface area contributed by atoms with Crippen molar-refractivity contribution in [2.24, 2.45) is 0 Å². The Morgan fingerprint density at radius 2 is 1.77 bits per heavy atom. The Kier molecular flexibility index (Phi) is 4.89. The van der Waals surface area contributed by atoms with Crippen molar-refractivity contribution in [2.45, 2.75) is 13.8 Å². The minimum Gasteiger partial charge on any atom is -0.478 e. The van der Waals surface area contributed by atoms with Crippen LogP contribution in [-0.2, 0) is 4.74 Å². The van der Waals surface area contributed by atoms with Gasteiger partial charge in [-0.2, -0.15) is 0 Å². The number of benzene rings is 2. The van der Waals surface area contributed by atoms with Gasteiger partial charge in [0.15, 0.2) is 0 Å². The predicted octanol–water partition coefficient (Wildman–Crippen LogP) is 4.33. The number of nitrogens with zero attached hydrogens (tertiary/aromatic N) is 1. The number of carboxylic acid groups (broad SMARTS) is 1. The van der Waals surface area contributed by atoms with Crippen molar-refractivity contribution in [1.82, 2.24) is 4.57 Å². The number of aromatic carboxylic acids is 1. The van der Waals surface area contributed by atoms with Gasteiger partial charge in [0.2, 0.25) is 0 Å². The molecule has 2 aromatic carbocycles. The van der Waals surface area contributed by atoms with Crippen molar-refractivity contribution >= 4 is 11.9 Å². The van der Waals surface area contributed by atoms with Crippen LogP contribution in [-0.4, -0.2) is 28.2 Å². The Morgan fingerprint density at radius 1 is 1.04 bits per heavy atom. The van der Waals surface area contributed by atoms with Crippen molar-refractivity contribution in [2.75, 3.05) is 6.61 Å². The van der Waals surface area contributed by atoms with Gasteiger partial charge in [-0.15, -0.1) is 0 Å². The van der Waals surface area contributed by atoms with E-state index in [1.807, 2.05) is 47.9 Å². The molecule has 0 aliphatic carbocycles. The third kappa shape index (κ3) is 3.24. The van der Waals surface area contributed by atoms with Crippen LogP contribution in [0.15, 0.2) is 60.7 Å². The average Bonchev–Trinajstić information content (AvgIpc) is 3.00. The Labute approximate surface area is 151 Å². The van der Waals surface area contributed by atoms with Gasteiger partial charge < -0.3 is 14.4 Å². The van der Waals surface area contributed by atoms with Crippen LogP contribution in [0.3, 0.4) is 0 Å². The molecule has 132 valence electrons. The molecule has 0 radical (unpaired) electrons. The number of esters is 1. The maximum Gasteiger partial charge on any atom is 0.338 e. The van der Waals surface area contributed by atoms with E-state index in [4.69, 9.17) is 4.74 Å². The van der Waals surface area contributed by atoms with Gasteiger partial charge in [0, 0.05) is 11.4 Å². The standard InChI is InChI=1S/C21H19NO4/c1-3-26-21(25)16-10-7-11-17(13-16)22-14(2)12-18(20(23)24)19(22)15-8-5-4-6-9-15/h4-13H,3H2,1-2H3,(H,23,24). The third-order valence-electron chi connectivity index (χ3n) is 4.08. The molecule has 0 saturated heterocycles. The van der Waals surface area contributed by atoms with E-state index >= 15 is 0 Å². The number of hydrogen-bond donors (Lipinski definition) is 1. The summed E-state index contributed by atoms with van der Waals surface area (Å²) in [6.45, 7) is 3.89. The van der Waals surface area contributed by atoms with Crippen LogP contribution in [0.4, 0.5) is 0 Å². The quantitative estimate of drug-likeness (QED) is 0.696. The van der Waals surface area contributed by atoms with Crippen LogP contribution >= 0.6 is 0 Å². The van der Waals surface area contributed by atoms with Gasteiger partial charge in [0.1, 0.15) is 0 Å². The van der Waals surface area contributed by atoms with Crippen molar-refractivity contribution in [3.63, 3.8) is 0 Å². The second-order valence-electron chi connectivity index (χ2n) is 5.83. The van der Waals surface area contributed by atoms with E-state index in [0.717, 1.165) is 11.3 Å². The molecule has 5 nitrogen and oxygen atoms in total. The largest absolute Gasteiger partial charge is 0.478 e. The first-order valence-electron chi connectivity index (χ1n) is 8.31.